The minimum atomic E-state index is 1.02. The van der Waals surface area contributed by atoms with Gasteiger partial charge in [-0.2, -0.15) is 0 Å². The zero-order valence-corrected chi connectivity index (χ0v) is 5.36. The molecular weight excluding hydrogens is 96.1 g/mol. The van der Waals surface area contributed by atoms with Gasteiger partial charge >= 0.3 is 0 Å². The summed E-state index contributed by atoms with van der Waals surface area (Å²) in [5, 5.41) is 0. The fourth-order valence-electron chi connectivity index (χ4n) is 0.664. The molecule has 42 valence electrons. The van der Waals surface area contributed by atoms with Crippen LogP contribution in [-0.4, -0.2) is 0 Å². The smallest absolute Gasteiger partial charge is 0.0160 e. The number of allylic oxidation sites excluding steroid dienone is 4. The molecule has 0 saturated heterocycles. The van der Waals surface area contributed by atoms with Crippen molar-refractivity contribution in [1.82, 2.24) is 0 Å². The van der Waals surface area contributed by atoms with Crippen molar-refractivity contribution < 1.29 is 0 Å². The van der Waals surface area contributed by atoms with Crippen molar-refractivity contribution in [3.8, 4) is 0 Å². The molecular formula is C8H10. The third kappa shape index (κ3) is 1.22. The number of rotatable bonds is 0. The van der Waals surface area contributed by atoms with Gasteiger partial charge in [-0.1, -0.05) is 23.3 Å². The molecule has 2 radical (unpaired) electrons. The minimum Gasteiger partial charge on any atom is -0.0724 e. The molecule has 0 saturated carbocycles. The highest BCUT2D eigenvalue weighted by atomic mass is 14.0. The van der Waals surface area contributed by atoms with Crippen LogP contribution in [0.4, 0.5) is 0 Å². The lowest BCUT2D eigenvalue weighted by Gasteiger charge is -2.04. The van der Waals surface area contributed by atoms with E-state index in [1.165, 1.54) is 11.1 Å². The quantitative estimate of drug-likeness (QED) is 0.444. The van der Waals surface area contributed by atoms with Crippen molar-refractivity contribution in [2.24, 2.45) is 0 Å². The second-order valence-corrected chi connectivity index (χ2v) is 2.22. The first-order chi connectivity index (χ1) is 3.79. The Balaban J connectivity index is 2.65. The Morgan fingerprint density at radius 1 is 1.38 bits per heavy atom. The molecule has 0 unspecified atom stereocenters. The van der Waals surface area contributed by atoms with Gasteiger partial charge in [0, 0.05) is 6.42 Å². The molecule has 0 aromatic carbocycles. The van der Waals surface area contributed by atoms with Crippen molar-refractivity contribution in [2.45, 2.75) is 20.3 Å². The van der Waals surface area contributed by atoms with Crippen molar-refractivity contribution in [3.63, 3.8) is 0 Å². The molecule has 0 atom stereocenters. The fraction of sp³-hybridized carbons (Fsp3) is 0.375. The molecule has 0 spiro atoms. The van der Waals surface area contributed by atoms with Crippen LogP contribution in [0.1, 0.15) is 20.3 Å². The second-order valence-electron chi connectivity index (χ2n) is 2.22. The van der Waals surface area contributed by atoms with Gasteiger partial charge in [-0.05, 0) is 20.3 Å². The van der Waals surface area contributed by atoms with Gasteiger partial charge in [0.15, 0.2) is 0 Å². The summed E-state index contributed by atoms with van der Waals surface area (Å²) in [6.45, 7) is 4.19. The van der Waals surface area contributed by atoms with Gasteiger partial charge in [0.25, 0.3) is 0 Å². The zero-order valence-electron chi connectivity index (χ0n) is 5.36. The Hall–Kier alpha value is -0.520. The van der Waals surface area contributed by atoms with Gasteiger partial charge in [-0.25, -0.2) is 0 Å². The largest absolute Gasteiger partial charge is 0.0724 e. The van der Waals surface area contributed by atoms with Gasteiger partial charge in [-0.3, -0.25) is 0 Å². The van der Waals surface area contributed by atoms with Gasteiger partial charge in [0.05, 0.1) is 0 Å². The Morgan fingerprint density at radius 3 is 2.50 bits per heavy atom. The average Bonchev–Trinajstić information content (AvgIpc) is 1.77. The van der Waals surface area contributed by atoms with Crippen LogP contribution in [0, 0.1) is 6.42 Å². The summed E-state index contributed by atoms with van der Waals surface area (Å²) in [7, 11) is 0. The second kappa shape index (κ2) is 2.17. The van der Waals surface area contributed by atoms with Crippen LogP contribution in [0.15, 0.2) is 23.3 Å². The molecule has 0 nitrogen and oxygen atoms in total. The third-order valence-corrected chi connectivity index (χ3v) is 1.26. The Labute approximate surface area is 50.9 Å². The van der Waals surface area contributed by atoms with Crippen LogP contribution < -0.4 is 0 Å². The summed E-state index contributed by atoms with van der Waals surface area (Å²) < 4.78 is 0. The Bertz CT molecular complexity index is 120. The maximum Gasteiger partial charge on any atom is 0.0160 e. The first kappa shape index (κ1) is 5.61. The van der Waals surface area contributed by atoms with E-state index in [2.05, 4.69) is 32.4 Å². The number of hydrogen-bond donors (Lipinski definition) is 0. The molecule has 0 aliphatic heterocycles. The van der Waals surface area contributed by atoms with Crippen molar-refractivity contribution in [2.75, 3.05) is 0 Å². The maximum absolute atomic E-state index is 3.22. The normalized spacial score (nSPS) is 19.8. The summed E-state index contributed by atoms with van der Waals surface area (Å²) in [6, 6.07) is 0. The molecule has 1 aliphatic rings. The van der Waals surface area contributed by atoms with E-state index in [0.29, 0.717) is 0 Å². The molecule has 0 aromatic heterocycles. The fourth-order valence-corrected chi connectivity index (χ4v) is 0.664. The first-order valence-corrected chi connectivity index (χ1v) is 2.87. The van der Waals surface area contributed by atoms with E-state index in [-0.39, 0.29) is 0 Å². The highest BCUT2D eigenvalue weighted by molar-refractivity contribution is 5.28. The zero-order chi connectivity index (χ0) is 5.98. The van der Waals surface area contributed by atoms with Gasteiger partial charge < -0.3 is 0 Å². The summed E-state index contributed by atoms with van der Waals surface area (Å²) in [6.07, 6.45) is 8.48. The highest BCUT2D eigenvalue weighted by Crippen LogP contribution is 2.14. The van der Waals surface area contributed by atoms with Crippen LogP contribution in [0.5, 0.6) is 0 Å². The molecule has 0 fully saturated rings. The molecule has 0 bridgehead atoms. The lowest BCUT2D eigenvalue weighted by molar-refractivity contribution is 1.08. The SMILES string of the molecule is CC1=CC=C(C)C[C]1. The molecule has 0 aromatic rings. The van der Waals surface area contributed by atoms with E-state index < -0.39 is 0 Å². The maximum atomic E-state index is 3.22. The molecule has 0 amide bonds. The van der Waals surface area contributed by atoms with E-state index in [4.69, 9.17) is 0 Å². The van der Waals surface area contributed by atoms with Crippen molar-refractivity contribution in [1.29, 1.82) is 0 Å². The van der Waals surface area contributed by atoms with Crippen molar-refractivity contribution in [3.05, 3.63) is 29.7 Å². The summed E-state index contributed by atoms with van der Waals surface area (Å²) >= 11 is 0. The first-order valence-electron chi connectivity index (χ1n) is 2.87. The molecule has 0 N–H and O–H groups in total. The van der Waals surface area contributed by atoms with Crippen LogP contribution in [0.25, 0.3) is 0 Å². The average molecular weight is 106 g/mol. The molecule has 1 rings (SSSR count). The van der Waals surface area contributed by atoms with Crippen molar-refractivity contribution >= 4 is 0 Å². The Morgan fingerprint density at radius 2 is 2.12 bits per heavy atom. The highest BCUT2D eigenvalue weighted by Gasteiger charge is 1.96. The predicted octanol–water partition coefficient (Wildman–Crippen LogP) is 2.36. The number of hydrogen-bond acceptors (Lipinski definition) is 0. The van der Waals surface area contributed by atoms with Crippen LogP contribution in [0.3, 0.4) is 0 Å². The van der Waals surface area contributed by atoms with E-state index in [1.807, 2.05) is 0 Å². The standard InChI is InChI=1S/C8H10/c1-7-3-5-8(2)6-4-7/h3,5H,4H2,1-2H3. The topological polar surface area (TPSA) is 0 Å². The minimum absolute atomic E-state index is 1.02. The lowest BCUT2D eigenvalue weighted by atomic mass is 10.0. The Kier molecular flexibility index (Phi) is 1.52. The van der Waals surface area contributed by atoms with Crippen LogP contribution in [-0.2, 0) is 0 Å². The predicted molar refractivity (Wildman–Crippen MR) is 35.4 cm³/mol. The summed E-state index contributed by atoms with van der Waals surface area (Å²) in [5.74, 6) is 0. The van der Waals surface area contributed by atoms with E-state index in [1.54, 1.807) is 0 Å². The van der Waals surface area contributed by atoms with E-state index >= 15 is 0 Å². The van der Waals surface area contributed by atoms with Gasteiger partial charge in [0.1, 0.15) is 0 Å². The van der Waals surface area contributed by atoms with E-state index in [9.17, 15) is 0 Å². The molecule has 1 aliphatic carbocycles. The summed E-state index contributed by atoms with van der Waals surface area (Å²) in [5.41, 5.74) is 2.66. The molecule has 0 heteroatoms. The summed E-state index contributed by atoms with van der Waals surface area (Å²) in [4.78, 5) is 0. The monoisotopic (exact) mass is 106 g/mol. The van der Waals surface area contributed by atoms with Gasteiger partial charge in [0.2, 0.25) is 0 Å². The van der Waals surface area contributed by atoms with Crippen LogP contribution >= 0.6 is 0 Å². The lowest BCUT2D eigenvalue weighted by Crippen LogP contribution is -1.86. The van der Waals surface area contributed by atoms with Gasteiger partial charge in [-0.15, -0.1) is 0 Å². The van der Waals surface area contributed by atoms with E-state index in [0.717, 1.165) is 6.42 Å². The third-order valence-electron chi connectivity index (χ3n) is 1.26. The molecule has 0 heterocycles. The van der Waals surface area contributed by atoms with Crippen LogP contribution in [0.2, 0.25) is 0 Å². The molecule has 8 heavy (non-hydrogen) atoms.